The number of aromatic amines is 1. The van der Waals surface area contributed by atoms with Gasteiger partial charge in [-0.25, -0.2) is 27.5 Å². The molecule has 2 aliphatic carbocycles. The average molecular weight is 1100 g/mol. The number of carbonyl (C=O) groups is 1. The number of methoxy groups -OCH3 is 1. The summed E-state index contributed by atoms with van der Waals surface area (Å²) in [5, 5.41) is 38.2. The van der Waals surface area contributed by atoms with Gasteiger partial charge in [-0.2, -0.15) is 4.98 Å². The van der Waals surface area contributed by atoms with Crippen molar-refractivity contribution in [3.63, 3.8) is 0 Å². The molecule has 20 nitrogen and oxygen atoms in total. The van der Waals surface area contributed by atoms with Crippen LogP contribution in [0.15, 0.2) is 90.2 Å². The van der Waals surface area contributed by atoms with E-state index >= 15 is 0 Å². The minimum absolute atomic E-state index is 0.0211. The van der Waals surface area contributed by atoms with Crippen LogP contribution in [0.4, 0.5) is 27.4 Å². The molecule has 1 spiro atoms. The van der Waals surface area contributed by atoms with Gasteiger partial charge in [0.2, 0.25) is 5.82 Å². The number of rotatable bonds is 19. The van der Waals surface area contributed by atoms with Crippen molar-refractivity contribution in [2.24, 2.45) is 11.3 Å². The maximum Gasteiger partial charge on any atom is 0.312 e. The van der Waals surface area contributed by atoms with Crippen molar-refractivity contribution in [1.29, 1.82) is 0 Å². The molecule has 4 aromatic heterocycles. The van der Waals surface area contributed by atoms with Gasteiger partial charge in [0.1, 0.15) is 27.9 Å². The fraction of sp³-hybridized carbons (Fsp3) is 0.474. The predicted molar refractivity (Wildman–Crippen MR) is 298 cm³/mol. The molecule has 6 N–H and O–H groups in total. The zero-order chi connectivity index (χ0) is 55.6. The van der Waals surface area contributed by atoms with Gasteiger partial charge in [-0.3, -0.25) is 24.7 Å². The summed E-state index contributed by atoms with van der Waals surface area (Å²) < 4.78 is 56.7. The van der Waals surface area contributed by atoms with Crippen LogP contribution >= 0.6 is 0 Å². The lowest BCUT2D eigenvalue weighted by molar-refractivity contribution is -0.384. The first-order valence-corrected chi connectivity index (χ1v) is 28.7. The molecule has 0 radical (unpaired) electrons. The van der Waals surface area contributed by atoms with E-state index in [4.69, 9.17) is 9.47 Å². The fourth-order valence-electron chi connectivity index (χ4n) is 12.1. The lowest BCUT2D eigenvalue weighted by Gasteiger charge is -2.58. The number of nitrogens with one attached hydrogen (secondary N) is 4. The van der Waals surface area contributed by atoms with Gasteiger partial charge < -0.3 is 40.2 Å². The first-order chi connectivity index (χ1) is 37.9. The number of pyridine rings is 3. The van der Waals surface area contributed by atoms with Gasteiger partial charge in [0.05, 0.1) is 41.4 Å². The number of hydrogen-bond acceptors (Lipinski definition) is 17. The molecule has 4 fully saturated rings. The summed E-state index contributed by atoms with van der Waals surface area (Å²) in [5.41, 5.74) is 3.45. The topological polar surface area (TPSA) is 254 Å². The third-order valence-electron chi connectivity index (χ3n) is 16.6. The molecule has 2 saturated carbocycles. The Balaban J connectivity index is 0.852. The normalized spacial score (nSPS) is 21.0. The maximum atomic E-state index is 14.9. The lowest BCUT2D eigenvalue weighted by Crippen LogP contribution is -2.60. The Kier molecular flexibility index (Phi) is 16.1. The number of nitrogens with zero attached hydrogens (tertiary/aromatic N) is 7. The van der Waals surface area contributed by atoms with Gasteiger partial charge in [-0.05, 0) is 116 Å². The number of sulfonamides is 1. The zero-order valence-corrected chi connectivity index (χ0v) is 45.9. The number of piperidine rings is 1. The first kappa shape index (κ1) is 55.3. The zero-order valence-electron chi connectivity index (χ0n) is 45.1. The van der Waals surface area contributed by atoms with Crippen molar-refractivity contribution < 1.29 is 42.2 Å². The number of fused-ring (bicyclic) bond motifs is 1. The van der Waals surface area contributed by atoms with Gasteiger partial charge in [-0.1, -0.05) is 38.1 Å². The van der Waals surface area contributed by atoms with Crippen molar-refractivity contribution in [3.05, 3.63) is 124 Å². The van der Waals surface area contributed by atoms with E-state index in [-0.39, 0.29) is 63.8 Å². The number of carbonyl (C=O) groups excluding carboxylic acids is 1. The summed E-state index contributed by atoms with van der Waals surface area (Å²) in [7, 11) is -3.39. The second-order valence-corrected chi connectivity index (χ2v) is 24.1. The highest BCUT2D eigenvalue weighted by molar-refractivity contribution is 7.90. The van der Waals surface area contributed by atoms with Crippen LogP contribution in [0.5, 0.6) is 17.4 Å². The third kappa shape index (κ3) is 12.3. The first-order valence-electron chi connectivity index (χ1n) is 27.2. The van der Waals surface area contributed by atoms with E-state index < -0.39 is 42.9 Å². The summed E-state index contributed by atoms with van der Waals surface area (Å²) in [6.07, 6.45) is 10.5. The molecule has 0 bridgehead atoms. The van der Waals surface area contributed by atoms with Crippen molar-refractivity contribution in [1.82, 2.24) is 34.5 Å². The van der Waals surface area contributed by atoms with Gasteiger partial charge in [0.25, 0.3) is 21.8 Å². The molecule has 79 heavy (non-hydrogen) atoms. The number of piperazine rings is 1. The highest BCUT2D eigenvalue weighted by Gasteiger charge is 2.50. The summed E-state index contributed by atoms with van der Waals surface area (Å²) in [4.78, 5) is 48.3. The molecule has 22 heteroatoms. The minimum atomic E-state index is -4.75. The van der Waals surface area contributed by atoms with Crippen LogP contribution in [0.1, 0.15) is 111 Å². The predicted octanol–water partition coefficient (Wildman–Crippen LogP) is 8.51. The number of H-pyrrole nitrogens is 1. The number of halogens is 1. The number of anilines is 3. The van der Waals surface area contributed by atoms with Crippen molar-refractivity contribution in [3.8, 4) is 17.4 Å². The van der Waals surface area contributed by atoms with Crippen LogP contribution in [-0.4, -0.2) is 130 Å². The van der Waals surface area contributed by atoms with Crippen molar-refractivity contribution >= 4 is 50.0 Å². The summed E-state index contributed by atoms with van der Waals surface area (Å²) in [6, 6.07) is 20.7. The second kappa shape index (κ2) is 23.0. The SMILES string of the molecule is COc1nc2[nH]cc(F)c2cc1Oc1cc(N2CCC3(CC2)CC(N2CCN(Cc4ccnc(NCCO)c4)C[C@H]2c2ccccc2C(C)C)C3)ccc1C(=O)NS(=O)(=O)c1cnc(NCC2CCC(C)(O)CC2)c([N+](=O)[O-])c1. The van der Waals surface area contributed by atoms with Gasteiger partial charge in [0, 0.05) is 101 Å². The maximum absolute atomic E-state index is 14.9. The number of benzene rings is 2. The molecule has 2 saturated heterocycles. The highest BCUT2D eigenvalue weighted by Crippen LogP contribution is 2.53. The third-order valence-corrected chi connectivity index (χ3v) is 17.9. The monoisotopic (exact) mass is 1100 g/mol. The Morgan fingerprint density at radius 1 is 0.987 bits per heavy atom. The van der Waals surface area contributed by atoms with E-state index in [1.54, 1.807) is 19.1 Å². The Morgan fingerprint density at radius 2 is 1.76 bits per heavy atom. The number of ether oxygens (including phenoxy) is 2. The Labute approximate surface area is 459 Å². The van der Waals surface area contributed by atoms with E-state index in [1.165, 1.54) is 35.9 Å². The lowest BCUT2D eigenvalue weighted by atomic mass is 9.59. The number of hydrogen-bond donors (Lipinski definition) is 6. The van der Waals surface area contributed by atoms with E-state index in [1.807, 2.05) is 6.20 Å². The highest BCUT2D eigenvalue weighted by atomic mass is 32.2. The molecule has 1 amide bonds. The Morgan fingerprint density at radius 3 is 2.49 bits per heavy atom. The number of aliphatic hydroxyl groups excluding tert-OH is 1. The largest absolute Gasteiger partial charge is 0.478 e. The van der Waals surface area contributed by atoms with Crippen LogP contribution in [-0.2, 0) is 16.6 Å². The number of aliphatic hydroxyl groups is 2. The van der Waals surface area contributed by atoms with E-state index in [2.05, 4.69) is 100 Å². The molecule has 2 aliphatic heterocycles. The Bertz CT molecular complexity index is 3300. The van der Waals surface area contributed by atoms with E-state index in [0.29, 0.717) is 63.8 Å². The summed E-state index contributed by atoms with van der Waals surface area (Å²) in [6.45, 7) is 12.1. The van der Waals surface area contributed by atoms with E-state index in [9.17, 15) is 37.9 Å². The number of aromatic nitrogens is 4. The van der Waals surface area contributed by atoms with Gasteiger partial charge in [-0.15, -0.1) is 0 Å². The quantitative estimate of drug-likeness (QED) is 0.0328. The van der Waals surface area contributed by atoms with Crippen LogP contribution in [0.25, 0.3) is 11.0 Å². The average Bonchev–Trinajstić information content (AvgIpc) is 3.99. The van der Waals surface area contributed by atoms with E-state index in [0.717, 1.165) is 81.8 Å². The van der Waals surface area contributed by atoms with Crippen molar-refractivity contribution in [2.45, 2.75) is 107 Å². The molecule has 1 atom stereocenters. The van der Waals surface area contributed by atoms with Crippen LogP contribution in [0.2, 0.25) is 0 Å². The number of amides is 1. The molecular weight excluding hydrogens is 1030 g/mol. The smallest absolute Gasteiger partial charge is 0.312 e. The second-order valence-electron chi connectivity index (χ2n) is 22.4. The van der Waals surface area contributed by atoms with Gasteiger partial charge in [0.15, 0.2) is 5.75 Å². The molecule has 6 aromatic rings. The summed E-state index contributed by atoms with van der Waals surface area (Å²) >= 11 is 0. The molecule has 6 heterocycles. The molecule has 2 aromatic carbocycles. The molecule has 10 rings (SSSR count). The number of nitro groups is 1. The molecule has 0 unspecified atom stereocenters. The fourth-order valence-corrected chi connectivity index (χ4v) is 13.0. The van der Waals surface area contributed by atoms with Crippen molar-refractivity contribution in [2.75, 3.05) is 75.1 Å². The molecule has 420 valence electrons. The van der Waals surface area contributed by atoms with Crippen LogP contribution in [0, 0.1) is 27.3 Å². The molecular formula is C57H70FN11O9S. The van der Waals surface area contributed by atoms with Crippen LogP contribution in [0.3, 0.4) is 0 Å². The molecule has 4 aliphatic rings. The minimum Gasteiger partial charge on any atom is -0.478 e. The Hall–Kier alpha value is -6.98. The van der Waals surface area contributed by atoms with Crippen LogP contribution < -0.4 is 29.7 Å². The standard InChI is InChI=1S/C57H70FN11O9S/c1-36(2)42-7-5-6-8-43(42)48-35-66(34-38-13-18-59-51(25-38)60-19-24-70)22-23-68(48)40-29-57(30-40)16-20-67(21-17-57)39-9-10-44(49(26-39)78-50-28-45-46(58)33-63-52(45)64-55(50)77-4)54(71)65-79(75,76)41-27-47(69(73)74)53(62-32-41)61-31-37-11-14-56(3,72)15-12-37/h5-10,13,18,25-28,32-33,36-37,40,48,70,72H,11-12,14-17,19-24,29-31,34-35H2,1-4H3,(H,59,60)(H,61,62)(H,63,64)(H,65,71)/t37?,48-,56?/m0/s1. The summed E-state index contributed by atoms with van der Waals surface area (Å²) in [5.74, 6) is -0.672. The van der Waals surface area contributed by atoms with Gasteiger partial charge >= 0.3 is 5.69 Å².